The zero-order valence-electron chi connectivity index (χ0n) is 11.4. The van der Waals surface area contributed by atoms with Gasteiger partial charge >= 0.3 is 0 Å². The third-order valence-electron chi connectivity index (χ3n) is 3.86. The van der Waals surface area contributed by atoms with E-state index in [2.05, 4.69) is 0 Å². The minimum atomic E-state index is -0.0660. The van der Waals surface area contributed by atoms with Crippen LogP contribution in [0.2, 0.25) is 0 Å². The van der Waals surface area contributed by atoms with Crippen LogP contribution in [0.5, 0.6) is 5.75 Å². The van der Waals surface area contributed by atoms with Crippen LogP contribution in [0.3, 0.4) is 0 Å². The first-order chi connectivity index (χ1) is 9.11. The quantitative estimate of drug-likeness (QED) is 0.874. The molecular formula is C15H22N2O2. The lowest BCUT2D eigenvalue weighted by Crippen LogP contribution is -2.38. The summed E-state index contributed by atoms with van der Waals surface area (Å²) in [5, 5.41) is 9.86. The predicted octanol–water partition coefficient (Wildman–Crippen LogP) is 1.90. The number of hydrogen-bond acceptors (Lipinski definition) is 3. The molecule has 1 saturated heterocycles. The van der Waals surface area contributed by atoms with Gasteiger partial charge in [-0.15, -0.1) is 0 Å². The number of phenols is 1. The number of nitrogens with zero attached hydrogens (tertiary/aromatic N) is 1. The summed E-state index contributed by atoms with van der Waals surface area (Å²) in [6.45, 7) is 4.14. The third kappa shape index (κ3) is 3.26. The van der Waals surface area contributed by atoms with E-state index in [1.165, 1.54) is 0 Å². The van der Waals surface area contributed by atoms with Gasteiger partial charge in [0.15, 0.2) is 0 Å². The number of piperidine rings is 1. The maximum atomic E-state index is 12.3. The van der Waals surface area contributed by atoms with Crippen LogP contribution in [-0.2, 0) is 0 Å². The fourth-order valence-corrected chi connectivity index (χ4v) is 2.65. The molecule has 1 aromatic rings. The van der Waals surface area contributed by atoms with Crippen LogP contribution in [0, 0.1) is 12.8 Å². The predicted molar refractivity (Wildman–Crippen MR) is 75.1 cm³/mol. The lowest BCUT2D eigenvalue weighted by molar-refractivity contribution is 0.0685. The zero-order valence-corrected chi connectivity index (χ0v) is 11.4. The number of likely N-dealkylation sites (tertiary alicyclic amines) is 1. The van der Waals surface area contributed by atoms with Gasteiger partial charge in [-0.1, -0.05) is 6.07 Å². The lowest BCUT2D eigenvalue weighted by atomic mass is 9.93. The number of aromatic hydroxyl groups is 1. The van der Waals surface area contributed by atoms with E-state index in [0.29, 0.717) is 11.5 Å². The van der Waals surface area contributed by atoms with Gasteiger partial charge in [-0.25, -0.2) is 0 Å². The molecular weight excluding hydrogens is 240 g/mol. The van der Waals surface area contributed by atoms with Gasteiger partial charge in [-0.05, 0) is 56.3 Å². The Labute approximate surface area is 114 Å². The van der Waals surface area contributed by atoms with Gasteiger partial charge in [0.1, 0.15) is 5.75 Å². The summed E-state index contributed by atoms with van der Waals surface area (Å²) in [6.07, 6.45) is 3.06. The van der Waals surface area contributed by atoms with Gasteiger partial charge in [0.05, 0.1) is 5.56 Å². The smallest absolute Gasteiger partial charge is 0.257 e. The standard InChI is InChI=1S/C15H22N2O2/c1-11-2-3-13(14(18)10-11)15(19)17-8-5-12(4-7-16)6-9-17/h2-3,10,12,18H,4-9,16H2,1H3. The summed E-state index contributed by atoms with van der Waals surface area (Å²) in [6, 6.07) is 5.20. The Bertz CT molecular complexity index is 451. The van der Waals surface area contributed by atoms with Crippen LogP contribution < -0.4 is 5.73 Å². The fourth-order valence-electron chi connectivity index (χ4n) is 2.65. The molecule has 0 radical (unpaired) electrons. The summed E-state index contributed by atoms with van der Waals surface area (Å²) >= 11 is 0. The van der Waals surface area contributed by atoms with Crippen LogP contribution in [-0.4, -0.2) is 35.5 Å². The molecule has 4 heteroatoms. The molecule has 1 heterocycles. The Kier molecular flexibility index (Phi) is 4.43. The van der Waals surface area contributed by atoms with E-state index in [0.717, 1.165) is 44.5 Å². The molecule has 0 aromatic heterocycles. The number of carbonyl (C=O) groups is 1. The molecule has 1 aliphatic heterocycles. The van der Waals surface area contributed by atoms with Crippen molar-refractivity contribution < 1.29 is 9.90 Å². The van der Waals surface area contributed by atoms with Crippen molar-refractivity contribution in [2.45, 2.75) is 26.2 Å². The Morgan fingerprint density at radius 3 is 2.68 bits per heavy atom. The molecule has 0 aliphatic carbocycles. The second-order valence-corrected chi connectivity index (χ2v) is 5.33. The zero-order chi connectivity index (χ0) is 13.8. The lowest BCUT2D eigenvalue weighted by Gasteiger charge is -2.32. The van der Waals surface area contributed by atoms with Crippen molar-refractivity contribution in [2.24, 2.45) is 11.7 Å². The highest BCUT2D eigenvalue weighted by Crippen LogP contribution is 2.24. The molecule has 0 spiro atoms. The van der Waals surface area contributed by atoms with Crippen LogP contribution in [0.4, 0.5) is 0 Å². The minimum absolute atomic E-state index is 0.0660. The average Bonchev–Trinajstić information content (AvgIpc) is 2.39. The summed E-state index contributed by atoms with van der Waals surface area (Å²) in [5.41, 5.74) is 6.93. The maximum Gasteiger partial charge on any atom is 0.257 e. The highest BCUT2D eigenvalue weighted by atomic mass is 16.3. The highest BCUT2D eigenvalue weighted by molar-refractivity contribution is 5.96. The Morgan fingerprint density at radius 1 is 1.42 bits per heavy atom. The molecule has 3 N–H and O–H groups in total. The highest BCUT2D eigenvalue weighted by Gasteiger charge is 2.24. The number of carbonyl (C=O) groups excluding carboxylic acids is 1. The van der Waals surface area contributed by atoms with Crippen molar-refractivity contribution >= 4 is 5.91 Å². The van der Waals surface area contributed by atoms with E-state index in [1.807, 2.05) is 17.9 Å². The van der Waals surface area contributed by atoms with Gasteiger partial charge in [0.25, 0.3) is 5.91 Å². The average molecular weight is 262 g/mol. The second-order valence-electron chi connectivity index (χ2n) is 5.33. The molecule has 0 bridgehead atoms. The van der Waals surface area contributed by atoms with Crippen LogP contribution in [0.1, 0.15) is 35.2 Å². The first-order valence-corrected chi connectivity index (χ1v) is 6.90. The number of rotatable bonds is 3. The third-order valence-corrected chi connectivity index (χ3v) is 3.86. The normalized spacial score (nSPS) is 16.6. The van der Waals surface area contributed by atoms with Crippen LogP contribution in [0.25, 0.3) is 0 Å². The number of amides is 1. The van der Waals surface area contributed by atoms with Gasteiger partial charge in [0, 0.05) is 13.1 Å². The molecule has 2 rings (SSSR count). The van der Waals surface area contributed by atoms with Crippen molar-refractivity contribution in [2.75, 3.05) is 19.6 Å². The van der Waals surface area contributed by atoms with E-state index in [1.54, 1.807) is 12.1 Å². The number of benzene rings is 1. The molecule has 1 amide bonds. The van der Waals surface area contributed by atoms with Gasteiger partial charge < -0.3 is 15.7 Å². The minimum Gasteiger partial charge on any atom is -0.507 e. The van der Waals surface area contributed by atoms with Crippen molar-refractivity contribution in [1.29, 1.82) is 0 Å². The molecule has 0 unspecified atom stereocenters. The van der Waals surface area contributed by atoms with Gasteiger partial charge in [-0.2, -0.15) is 0 Å². The number of nitrogens with two attached hydrogens (primary N) is 1. The Morgan fingerprint density at radius 2 is 2.11 bits per heavy atom. The molecule has 4 nitrogen and oxygen atoms in total. The topological polar surface area (TPSA) is 66.6 Å². The summed E-state index contributed by atoms with van der Waals surface area (Å²) in [7, 11) is 0. The molecule has 104 valence electrons. The number of phenolic OH excluding ortho intramolecular Hbond substituents is 1. The van der Waals surface area contributed by atoms with E-state index >= 15 is 0 Å². The molecule has 0 atom stereocenters. The van der Waals surface area contributed by atoms with E-state index < -0.39 is 0 Å². The van der Waals surface area contributed by atoms with Crippen molar-refractivity contribution in [1.82, 2.24) is 4.90 Å². The first kappa shape index (κ1) is 13.9. The summed E-state index contributed by atoms with van der Waals surface area (Å²) < 4.78 is 0. The Balaban J connectivity index is 2.01. The molecule has 1 fully saturated rings. The largest absolute Gasteiger partial charge is 0.507 e. The maximum absolute atomic E-state index is 12.3. The van der Waals surface area contributed by atoms with E-state index in [9.17, 15) is 9.90 Å². The van der Waals surface area contributed by atoms with Crippen LogP contribution >= 0.6 is 0 Å². The molecule has 0 saturated carbocycles. The SMILES string of the molecule is Cc1ccc(C(=O)N2CCC(CCN)CC2)c(O)c1. The Hall–Kier alpha value is -1.55. The van der Waals surface area contributed by atoms with Crippen molar-refractivity contribution in [3.63, 3.8) is 0 Å². The number of aryl methyl sites for hydroxylation is 1. The second kappa shape index (κ2) is 6.06. The monoisotopic (exact) mass is 262 g/mol. The van der Waals surface area contributed by atoms with Crippen molar-refractivity contribution in [3.05, 3.63) is 29.3 Å². The summed E-state index contributed by atoms with van der Waals surface area (Å²) in [4.78, 5) is 14.2. The molecule has 1 aromatic carbocycles. The van der Waals surface area contributed by atoms with Crippen LogP contribution in [0.15, 0.2) is 18.2 Å². The van der Waals surface area contributed by atoms with Gasteiger partial charge in [-0.3, -0.25) is 4.79 Å². The summed E-state index contributed by atoms with van der Waals surface area (Å²) in [5.74, 6) is 0.651. The molecule has 1 aliphatic rings. The van der Waals surface area contributed by atoms with Gasteiger partial charge in [0.2, 0.25) is 0 Å². The first-order valence-electron chi connectivity index (χ1n) is 6.90. The number of hydrogen-bond donors (Lipinski definition) is 2. The van der Waals surface area contributed by atoms with E-state index in [-0.39, 0.29) is 11.7 Å². The van der Waals surface area contributed by atoms with Crippen molar-refractivity contribution in [3.8, 4) is 5.75 Å². The van der Waals surface area contributed by atoms with E-state index in [4.69, 9.17) is 5.73 Å². The molecule has 19 heavy (non-hydrogen) atoms. The fraction of sp³-hybridized carbons (Fsp3) is 0.533.